The Kier molecular flexibility index (Phi) is 3.47. The van der Waals surface area contributed by atoms with Crippen molar-refractivity contribution in [3.8, 4) is 5.75 Å². The summed E-state index contributed by atoms with van der Waals surface area (Å²) < 4.78 is 5.31. The van der Waals surface area contributed by atoms with Crippen LogP contribution in [0.3, 0.4) is 0 Å². The fraction of sp³-hybridized carbons (Fsp3) is 0.167. The van der Waals surface area contributed by atoms with Crippen molar-refractivity contribution < 1.29 is 9.84 Å². The van der Waals surface area contributed by atoms with Crippen LogP contribution in [0.15, 0.2) is 77.9 Å². The van der Waals surface area contributed by atoms with Crippen LogP contribution in [0.1, 0.15) is 34.6 Å². The quantitative estimate of drug-likeness (QED) is 0.850. The van der Waals surface area contributed by atoms with Gasteiger partial charge in [0.15, 0.2) is 0 Å². The van der Waals surface area contributed by atoms with Crippen LogP contribution in [0.5, 0.6) is 5.75 Å². The van der Waals surface area contributed by atoms with E-state index < -0.39 is 0 Å². The molecule has 0 aliphatic heterocycles. The lowest BCUT2D eigenvalue weighted by Crippen LogP contribution is -2.06. The smallest absolute Gasteiger partial charge is 0.118 e. The highest BCUT2D eigenvalue weighted by molar-refractivity contribution is 6.07. The van der Waals surface area contributed by atoms with Gasteiger partial charge in [-0.05, 0) is 69.2 Å². The van der Waals surface area contributed by atoms with E-state index in [4.69, 9.17) is 4.74 Å². The number of methoxy groups -OCH3 is 1. The molecule has 0 radical (unpaired) electrons. The summed E-state index contributed by atoms with van der Waals surface area (Å²) in [5.74, 6) is 1.11. The van der Waals surface area contributed by atoms with E-state index in [1.54, 1.807) is 7.11 Å². The Morgan fingerprint density at radius 3 is 2.65 bits per heavy atom. The molecule has 2 heteroatoms. The molecule has 0 amide bonds. The second-order valence-corrected chi connectivity index (χ2v) is 6.95. The molecule has 26 heavy (non-hydrogen) atoms. The molecule has 3 aliphatic rings. The van der Waals surface area contributed by atoms with Crippen LogP contribution in [-0.2, 0) is 6.61 Å². The number of aliphatic hydroxyl groups is 1. The number of ether oxygens (including phenoxy) is 1. The number of benzene rings is 2. The summed E-state index contributed by atoms with van der Waals surface area (Å²) in [6.45, 7) is 0.0775. The van der Waals surface area contributed by atoms with Gasteiger partial charge in [-0.25, -0.2) is 0 Å². The second-order valence-electron chi connectivity index (χ2n) is 6.95. The normalized spacial score (nSPS) is 19.7. The molecule has 1 atom stereocenters. The van der Waals surface area contributed by atoms with E-state index in [0.717, 1.165) is 17.7 Å². The summed E-state index contributed by atoms with van der Waals surface area (Å²) >= 11 is 0. The second kappa shape index (κ2) is 5.86. The Morgan fingerprint density at radius 1 is 1.04 bits per heavy atom. The van der Waals surface area contributed by atoms with Crippen LogP contribution >= 0.6 is 0 Å². The van der Waals surface area contributed by atoms with E-state index in [0.29, 0.717) is 0 Å². The van der Waals surface area contributed by atoms with Gasteiger partial charge in [-0.1, -0.05) is 48.6 Å². The van der Waals surface area contributed by atoms with Crippen molar-refractivity contribution in [1.82, 2.24) is 0 Å². The molecule has 0 heterocycles. The highest BCUT2D eigenvalue weighted by Crippen LogP contribution is 2.54. The summed E-state index contributed by atoms with van der Waals surface area (Å²) in [6, 6.07) is 14.7. The highest BCUT2D eigenvalue weighted by atomic mass is 16.5. The van der Waals surface area contributed by atoms with Crippen molar-refractivity contribution in [2.45, 2.75) is 18.9 Å². The van der Waals surface area contributed by atoms with Gasteiger partial charge in [-0.2, -0.15) is 0 Å². The van der Waals surface area contributed by atoms with Crippen molar-refractivity contribution in [2.75, 3.05) is 7.11 Å². The molecule has 2 aromatic carbocycles. The molecule has 0 aromatic heterocycles. The van der Waals surface area contributed by atoms with Crippen LogP contribution in [0.4, 0.5) is 0 Å². The van der Waals surface area contributed by atoms with Gasteiger partial charge in [-0.15, -0.1) is 0 Å². The monoisotopic (exact) mass is 340 g/mol. The van der Waals surface area contributed by atoms with E-state index in [-0.39, 0.29) is 12.5 Å². The maximum atomic E-state index is 9.56. The van der Waals surface area contributed by atoms with Crippen LogP contribution in [0, 0.1) is 0 Å². The standard InChI is InChI=1S/C24H20O2/c1-26-18-9-6-16(7-10-18)19-12-8-17-3-2-4-20-22-13-15(14-25)5-11-21(22)24(19)23(17)20/h3-13,19,25H,2,14H2,1H3. The topological polar surface area (TPSA) is 29.5 Å². The van der Waals surface area contributed by atoms with Gasteiger partial charge in [0, 0.05) is 5.92 Å². The van der Waals surface area contributed by atoms with Crippen molar-refractivity contribution >= 4 is 11.1 Å². The molecular formula is C24H20O2. The Bertz CT molecular complexity index is 1020. The molecule has 0 spiro atoms. The van der Waals surface area contributed by atoms with Crippen LogP contribution in [0.25, 0.3) is 11.1 Å². The number of fused-ring (bicyclic) bond motifs is 3. The fourth-order valence-corrected chi connectivity index (χ4v) is 4.35. The van der Waals surface area contributed by atoms with Gasteiger partial charge in [0.05, 0.1) is 13.7 Å². The molecule has 1 N–H and O–H groups in total. The van der Waals surface area contributed by atoms with Crippen molar-refractivity contribution in [3.05, 3.63) is 100 Å². The fourth-order valence-electron chi connectivity index (χ4n) is 4.35. The number of rotatable bonds is 3. The first kappa shape index (κ1) is 15.4. The summed E-state index contributed by atoms with van der Waals surface area (Å²) in [5, 5.41) is 9.56. The zero-order valence-electron chi connectivity index (χ0n) is 14.7. The molecule has 0 fully saturated rings. The van der Waals surface area contributed by atoms with Crippen molar-refractivity contribution in [2.24, 2.45) is 0 Å². The molecule has 0 saturated carbocycles. The molecule has 2 aromatic rings. The molecule has 0 bridgehead atoms. The molecule has 5 rings (SSSR count). The first-order valence-electron chi connectivity index (χ1n) is 9.02. The molecule has 1 unspecified atom stereocenters. The summed E-state index contributed by atoms with van der Waals surface area (Å²) in [6.07, 6.45) is 10.2. The largest absolute Gasteiger partial charge is 0.497 e. The van der Waals surface area contributed by atoms with Gasteiger partial charge in [0.1, 0.15) is 5.75 Å². The van der Waals surface area contributed by atoms with Crippen LogP contribution < -0.4 is 4.74 Å². The zero-order chi connectivity index (χ0) is 17.7. The van der Waals surface area contributed by atoms with Gasteiger partial charge in [0.25, 0.3) is 0 Å². The third-order valence-electron chi connectivity index (χ3n) is 5.59. The SMILES string of the molecule is COc1ccc(C2C=CC3=CCC=C4C3=C2c2ccc(CO)cc24)cc1. The lowest BCUT2D eigenvalue weighted by molar-refractivity contribution is 0.282. The predicted octanol–water partition coefficient (Wildman–Crippen LogP) is 5.02. The summed E-state index contributed by atoms with van der Waals surface area (Å²) in [5.41, 5.74) is 10.2. The van der Waals surface area contributed by atoms with Crippen LogP contribution in [0.2, 0.25) is 0 Å². The number of hydrogen-bond acceptors (Lipinski definition) is 2. The average Bonchev–Trinajstić information content (AvgIpc) is 3.04. The van der Waals surface area contributed by atoms with Crippen molar-refractivity contribution in [1.29, 1.82) is 0 Å². The highest BCUT2D eigenvalue weighted by Gasteiger charge is 2.35. The first-order valence-corrected chi connectivity index (χ1v) is 9.02. The summed E-state index contributed by atoms with van der Waals surface area (Å²) in [4.78, 5) is 0. The van der Waals surface area contributed by atoms with E-state index in [9.17, 15) is 5.11 Å². The minimum atomic E-state index is 0.0775. The lowest BCUT2D eigenvalue weighted by Gasteiger charge is -2.25. The van der Waals surface area contributed by atoms with Gasteiger partial charge < -0.3 is 9.84 Å². The van der Waals surface area contributed by atoms with E-state index >= 15 is 0 Å². The first-order chi connectivity index (χ1) is 12.8. The Hall–Kier alpha value is -2.84. The van der Waals surface area contributed by atoms with Gasteiger partial charge in [-0.3, -0.25) is 0 Å². The van der Waals surface area contributed by atoms with E-state index in [1.165, 1.54) is 39.0 Å². The minimum Gasteiger partial charge on any atom is -0.497 e. The van der Waals surface area contributed by atoms with Crippen molar-refractivity contribution in [3.63, 3.8) is 0 Å². The van der Waals surface area contributed by atoms with E-state index in [1.807, 2.05) is 18.2 Å². The molecule has 2 nitrogen and oxygen atoms in total. The summed E-state index contributed by atoms with van der Waals surface area (Å²) in [7, 11) is 1.70. The third kappa shape index (κ3) is 2.16. The minimum absolute atomic E-state index is 0.0775. The molecule has 3 aliphatic carbocycles. The number of hydrogen-bond donors (Lipinski definition) is 1. The maximum Gasteiger partial charge on any atom is 0.118 e. The Labute approximate surface area is 153 Å². The number of aliphatic hydroxyl groups excluding tert-OH is 1. The molecular weight excluding hydrogens is 320 g/mol. The molecule has 0 saturated heterocycles. The number of allylic oxidation sites excluding steroid dienone is 8. The van der Waals surface area contributed by atoms with Gasteiger partial charge in [0.2, 0.25) is 0 Å². The lowest BCUT2D eigenvalue weighted by atomic mass is 9.79. The molecule has 128 valence electrons. The maximum absolute atomic E-state index is 9.56. The zero-order valence-corrected chi connectivity index (χ0v) is 14.7. The predicted molar refractivity (Wildman–Crippen MR) is 105 cm³/mol. The average molecular weight is 340 g/mol. The Balaban J connectivity index is 1.69. The Morgan fingerprint density at radius 2 is 1.88 bits per heavy atom. The third-order valence-corrected chi connectivity index (χ3v) is 5.59. The van der Waals surface area contributed by atoms with E-state index in [2.05, 4.69) is 48.6 Å². The van der Waals surface area contributed by atoms with Gasteiger partial charge >= 0.3 is 0 Å². The van der Waals surface area contributed by atoms with Crippen LogP contribution in [-0.4, -0.2) is 12.2 Å².